The van der Waals surface area contributed by atoms with E-state index in [2.05, 4.69) is 5.32 Å². The molecule has 2 aromatic carbocycles. The van der Waals surface area contributed by atoms with Gasteiger partial charge in [-0.1, -0.05) is 42.5 Å². The Balaban J connectivity index is 1.69. The fourth-order valence-corrected chi connectivity index (χ4v) is 2.80. The van der Waals surface area contributed by atoms with Gasteiger partial charge in [0.05, 0.1) is 5.56 Å². The van der Waals surface area contributed by atoms with Crippen molar-refractivity contribution in [2.75, 3.05) is 5.32 Å². The van der Waals surface area contributed by atoms with Crippen molar-refractivity contribution in [1.82, 2.24) is 0 Å². The predicted molar refractivity (Wildman–Crippen MR) is 88.3 cm³/mol. The average Bonchev–Trinajstić information content (AvgIpc) is 2.53. The molecule has 0 radical (unpaired) electrons. The summed E-state index contributed by atoms with van der Waals surface area (Å²) >= 11 is 0. The van der Waals surface area contributed by atoms with Crippen LogP contribution in [-0.2, 0) is 16.1 Å². The molecular formula is C19H19NO3. The average molecular weight is 309 g/mol. The lowest BCUT2D eigenvalue weighted by Crippen LogP contribution is -2.48. The highest BCUT2D eigenvalue weighted by atomic mass is 16.5. The van der Waals surface area contributed by atoms with Crippen molar-refractivity contribution in [2.45, 2.75) is 31.9 Å². The van der Waals surface area contributed by atoms with Crippen LogP contribution in [0.1, 0.15) is 35.7 Å². The van der Waals surface area contributed by atoms with Crippen molar-refractivity contribution < 1.29 is 14.3 Å². The third kappa shape index (κ3) is 3.59. The number of esters is 1. The van der Waals surface area contributed by atoms with E-state index in [-0.39, 0.29) is 23.9 Å². The summed E-state index contributed by atoms with van der Waals surface area (Å²) in [4.78, 5) is 23.6. The van der Waals surface area contributed by atoms with E-state index in [1.807, 2.05) is 49.4 Å². The molecular weight excluding hydrogens is 290 g/mol. The van der Waals surface area contributed by atoms with Crippen LogP contribution in [0, 0.1) is 0 Å². The molecule has 0 amide bonds. The first-order valence-corrected chi connectivity index (χ1v) is 7.66. The number of anilines is 1. The van der Waals surface area contributed by atoms with E-state index < -0.39 is 0 Å². The molecule has 2 aromatic rings. The summed E-state index contributed by atoms with van der Waals surface area (Å²) in [5, 5.41) is 3.31. The van der Waals surface area contributed by atoms with E-state index in [0.29, 0.717) is 24.1 Å². The number of carbonyl (C=O) groups excluding carboxylic acids is 2. The fourth-order valence-electron chi connectivity index (χ4n) is 2.80. The van der Waals surface area contributed by atoms with Crippen molar-refractivity contribution in [3.05, 3.63) is 65.7 Å². The number of benzene rings is 2. The van der Waals surface area contributed by atoms with Gasteiger partial charge in [0.1, 0.15) is 12.4 Å². The minimum atomic E-state index is -0.369. The maximum atomic E-state index is 12.4. The highest BCUT2D eigenvalue weighted by Crippen LogP contribution is 2.33. The number of rotatable bonds is 5. The van der Waals surface area contributed by atoms with Crippen LogP contribution in [0.5, 0.6) is 0 Å². The molecule has 0 heterocycles. The maximum absolute atomic E-state index is 12.4. The molecule has 4 nitrogen and oxygen atoms in total. The quantitative estimate of drug-likeness (QED) is 0.858. The lowest BCUT2D eigenvalue weighted by atomic mass is 9.77. The van der Waals surface area contributed by atoms with Gasteiger partial charge in [0, 0.05) is 24.1 Å². The second kappa shape index (κ2) is 6.24. The van der Waals surface area contributed by atoms with Gasteiger partial charge < -0.3 is 10.1 Å². The van der Waals surface area contributed by atoms with Crippen LogP contribution in [0.4, 0.5) is 5.69 Å². The Kier molecular flexibility index (Phi) is 4.15. The summed E-state index contributed by atoms with van der Waals surface area (Å²) < 4.78 is 5.40. The van der Waals surface area contributed by atoms with Crippen molar-refractivity contribution >= 4 is 17.4 Å². The zero-order valence-corrected chi connectivity index (χ0v) is 13.0. The molecule has 4 heteroatoms. The molecule has 0 aromatic heterocycles. The molecule has 3 rings (SSSR count). The van der Waals surface area contributed by atoms with Gasteiger partial charge in [-0.15, -0.1) is 0 Å². The van der Waals surface area contributed by atoms with E-state index in [9.17, 15) is 9.59 Å². The number of ether oxygens (including phenoxy) is 1. The Morgan fingerprint density at radius 1 is 1.09 bits per heavy atom. The second-order valence-electron chi connectivity index (χ2n) is 6.19. The van der Waals surface area contributed by atoms with Gasteiger partial charge in [-0.3, -0.25) is 4.79 Å². The first-order chi connectivity index (χ1) is 11.1. The largest absolute Gasteiger partial charge is 0.457 e. The van der Waals surface area contributed by atoms with Gasteiger partial charge >= 0.3 is 5.97 Å². The number of hydrogen-bond donors (Lipinski definition) is 1. The monoisotopic (exact) mass is 309 g/mol. The highest BCUT2D eigenvalue weighted by Gasteiger charge is 2.39. The number of ketones is 1. The van der Waals surface area contributed by atoms with E-state index in [4.69, 9.17) is 4.74 Å². The molecule has 0 spiro atoms. The topological polar surface area (TPSA) is 55.4 Å². The van der Waals surface area contributed by atoms with Crippen molar-refractivity contribution in [2.24, 2.45) is 0 Å². The van der Waals surface area contributed by atoms with Gasteiger partial charge in [-0.25, -0.2) is 4.79 Å². The molecule has 0 bridgehead atoms. The van der Waals surface area contributed by atoms with Crippen LogP contribution in [0.3, 0.4) is 0 Å². The van der Waals surface area contributed by atoms with Gasteiger partial charge in [0.25, 0.3) is 0 Å². The number of nitrogens with one attached hydrogen (secondary N) is 1. The molecule has 1 aliphatic rings. The van der Waals surface area contributed by atoms with Crippen molar-refractivity contribution in [1.29, 1.82) is 0 Å². The zero-order valence-electron chi connectivity index (χ0n) is 13.0. The van der Waals surface area contributed by atoms with E-state index >= 15 is 0 Å². The summed E-state index contributed by atoms with van der Waals surface area (Å²) in [6, 6.07) is 16.8. The molecule has 1 fully saturated rings. The van der Waals surface area contributed by atoms with Gasteiger partial charge in [-0.05, 0) is 24.6 Å². The summed E-state index contributed by atoms with van der Waals surface area (Å²) in [5.41, 5.74) is 1.87. The molecule has 0 saturated heterocycles. The number of hydrogen-bond acceptors (Lipinski definition) is 4. The Hall–Kier alpha value is -2.62. The normalized spacial score (nSPS) is 15.6. The SMILES string of the molecule is CC1(Nc2ccccc2C(=O)OCc2ccccc2)CC(=O)C1. The van der Waals surface area contributed by atoms with Crippen LogP contribution >= 0.6 is 0 Å². The Morgan fingerprint density at radius 2 is 1.74 bits per heavy atom. The molecule has 0 unspecified atom stereocenters. The van der Waals surface area contributed by atoms with Crippen LogP contribution in [-0.4, -0.2) is 17.3 Å². The minimum Gasteiger partial charge on any atom is -0.457 e. The molecule has 0 aliphatic heterocycles. The number of para-hydroxylation sites is 1. The predicted octanol–water partition coefficient (Wildman–Crippen LogP) is 3.58. The Labute approximate surface area is 135 Å². The summed E-state index contributed by atoms with van der Waals surface area (Å²) in [6.45, 7) is 2.23. The van der Waals surface area contributed by atoms with E-state index in [1.54, 1.807) is 12.1 Å². The van der Waals surface area contributed by atoms with Gasteiger partial charge in [0.2, 0.25) is 0 Å². The number of carbonyl (C=O) groups is 2. The lowest BCUT2D eigenvalue weighted by Gasteiger charge is -2.39. The first-order valence-electron chi connectivity index (χ1n) is 7.66. The summed E-state index contributed by atoms with van der Waals surface area (Å²) in [5.74, 6) is -0.129. The molecule has 0 atom stereocenters. The lowest BCUT2D eigenvalue weighted by molar-refractivity contribution is -0.126. The maximum Gasteiger partial charge on any atom is 0.340 e. The minimum absolute atomic E-state index is 0.240. The molecule has 23 heavy (non-hydrogen) atoms. The van der Waals surface area contributed by atoms with Crippen molar-refractivity contribution in [3.63, 3.8) is 0 Å². The fraction of sp³-hybridized carbons (Fsp3) is 0.263. The third-order valence-corrected chi connectivity index (χ3v) is 3.97. The van der Waals surface area contributed by atoms with Gasteiger partial charge in [0.15, 0.2) is 0 Å². The van der Waals surface area contributed by atoms with Gasteiger partial charge in [-0.2, -0.15) is 0 Å². The number of Topliss-reactive ketones (excluding diaryl/α,β-unsaturated/α-hetero) is 1. The zero-order chi connectivity index (χ0) is 16.3. The van der Waals surface area contributed by atoms with E-state index in [0.717, 1.165) is 5.56 Å². The molecule has 118 valence electrons. The highest BCUT2D eigenvalue weighted by molar-refractivity contribution is 5.96. The van der Waals surface area contributed by atoms with Crippen molar-refractivity contribution in [3.8, 4) is 0 Å². The molecule has 1 aliphatic carbocycles. The smallest absolute Gasteiger partial charge is 0.340 e. The second-order valence-corrected chi connectivity index (χ2v) is 6.19. The molecule has 1 saturated carbocycles. The summed E-state index contributed by atoms with van der Waals surface area (Å²) in [6.07, 6.45) is 0.973. The summed E-state index contributed by atoms with van der Waals surface area (Å²) in [7, 11) is 0. The van der Waals surface area contributed by atoms with Crippen LogP contribution in [0.25, 0.3) is 0 Å². The Morgan fingerprint density at radius 3 is 2.43 bits per heavy atom. The standard InChI is InChI=1S/C19H19NO3/c1-19(11-15(21)12-19)20-17-10-6-5-9-16(17)18(22)23-13-14-7-3-2-4-8-14/h2-10,20H,11-13H2,1H3. The van der Waals surface area contributed by atoms with Crippen LogP contribution < -0.4 is 5.32 Å². The Bertz CT molecular complexity index is 716. The third-order valence-electron chi connectivity index (χ3n) is 3.97. The van der Waals surface area contributed by atoms with Crippen LogP contribution in [0.15, 0.2) is 54.6 Å². The van der Waals surface area contributed by atoms with Crippen LogP contribution in [0.2, 0.25) is 0 Å². The van der Waals surface area contributed by atoms with E-state index in [1.165, 1.54) is 0 Å². The molecule has 1 N–H and O–H groups in total. The first kappa shape index (κ1) is 15.3.